The molecule has 1 unspecified atom stereocenters. The highest BCUT2D eigenvalue weighted by atomic mass is 127. The summed E-state index contributed by atoms with van der Waals surface area (Å²) in [5.41, 5.74) is 0. The molecule has 0 amide bonds. The van der Waals surface area contributed by atoms with Gasteiger partial charge in [-0.15, -0.1) is 24.0 Å². The summed E-state index contributed by atoms with van der Waals surface area (Å²) in [5.74, 6) is 1.59. The van der Waals surface area contributed by atoms with Gasteiger partial charge in [0, 0.05) is 32.8 Å². The summed E-state index contributed by atoms with van der Waals surface area (Å²) >= 11 is 0. The van der Waals surface area contributed by atoms with Crippen LogP contribution in [0.4, 0.5) is 0 Å². The van der Waals surface area contributed by atoms with Gasteiger partial charge in [0.05, 0.1) is 6.61 Å². The molecule has 0 aromatic carbocycles. The molecular weight excluding hydrogens is 427 g/mol. The molecule has 1 aliphatic heterocycles. The minimum atomic E-state index is 0. The minimum Gasteiger partial charge on any atom is -0.380 e. The molecule has 0 aromatic heterocycles. The van der Waals surface area contributed by atoms with Crippen LogP contribution in [-0.4, -0.2) is 63.3 Å². The first-order valence-electron chi connectivity index (χ1n) is 9.89. The van der Waals surface area contributed by atoms with Gasteiger partial charge < -0.3 is 20.3 Å². The fraction of sp³-hybridized carbons (Fsp3) is 0.947. The Morgan fingerprint density at radius 2 is 1.92 bits per heavy atom. The van der Waals surface area contributed by atoms with Gasteiger partial charge in [0.1, 0.15) is 0 Å². The Morgan fingerprint density at radius 1 is 1.16 bits per heavy atom. The lowest BCUT2D eigenvalue weighted by Crippen LogP contribution is -2.40. The van der Waals surface area contributed by atoms with Gasteiger partial charge in [-0.25, -0.2) is 0 Å². The molecule has 1 aliphatic rings. The van der Waals surface area contributed by atoms with Gasteiger partial charge in [-0.05, 0) is 58.0 Å². The predicted molar refractivity (Wildman–Crippen MR) is 119 cm³/mol. The topological polar surface area (TPSA) is 48.9 Å². The van der Waals surface area contributed by atoms with E-state index in [-0.39, 0.29) is 24.0 Å². The molecule has 6 heteroatoms. The van der Waals surface area contributed by atoms with Crippen molar-refractivity contribution in [2.45, 2.75) is 65.3 Å². The summed E-state index contributed by atoms with van der Waals surface area (Å²) in [6, 6.07) is 0.775. The Morgan fingerprint density at radius 3 is 2.60 bits per heavy atom. The smallest absolute Gasteiger partial charge is 0.191 e. The Kier molecular flexibility index (Phi) is 16.1. The molecule has 0 aliphatic carbocycles. The number of ether oxygens (including phenoxy) is 1. The average Bonchev–Trinajstić information content (AvgIpc) is 2.57. The number of hydrogen-bond donors (Lipinski definition) is 2. The Bertz CT molecular complexity index is 339. The number of nitrogens with zero attached hydrogens (tertiary/aromatic N) is 2. The number of unbranched alkanes of at least 4 members (excludes halogenated alkanes) is 1. The van der Waals surface area contributed by atoms with Crippen LogP contribution in [0.25, 0.3) is 0 Å². The normalized spacial score (nSPS) is 18.9. The van der Waals surface area contributed by atoms with Gasteiger partial charge in [-0.1, -0.05) is 20.3 Å². The van der Waals surface area contributed by atoms with Crippen molar-refractivity contribution in [3.05, 3.63) is 0 Å². The zero-order chi connectivity index (χ0) is 17.6. The lowest BCUT2D eigenvalue weighted by Gasteiger charge is -2.33. The summed E-state index contributed by atoms with van der Waals surface area (Å²) < 4.78 is 5.61. The number of guanidine groups is 1. The third kappa shape index (κ3) is 12.8. The third-order valence-electron chi connectivity index (χ3n) is 4.71. The van der Waals surface area contributed by atoms with Crippen LogP contribution in [0.2, 0.25) is 0 Å². The van der Waals surface area contributed by atoms with E-state index in [1.165, 1.54) is 45.2 Å². The largest absolute Gasteiger partial charge is 0.380 e. The molecule has 5 nitrogen and oxygen atoms in total. The molecule has 25 heavy (non-hydrogen) atoms. The van der Waals surface area contributed by atoms with E-state index in [0.717, 1.165) is 44.7 Å². The minimum absolute atomic E-state index is 0. The van der Waals surface area contributed by atoms with Crippen molar-refractivity contribution in [1.29, 1.82) is 0 Å². The van der Waals surface area contributed by atoms with Crippen molar-refractivity contribution < 1.29 is 4.74 Å². The zero-order valence-corrected chi connectivity index (χ0v) is 19.2. The van der Waals surface area contributed by atoms with Crippen molar-refractivity contribution in [3.63, 3.8) is 0 Å². The molecule has 0 bridgehead atoms. The van der Waals surface area contributed by atoms with Crippen molar-refractivity contribution in [1.82, 2.24) is 15.5 Å². The van der Waals surface area contributed by atoms with Crippen LogP contribution in [-0.2, 0) is 4.74 Å². The summed E-state index contributed by atoms with van der Waals surface area (Å²) in [6.45, 7) is 12.7. The maximum absolute atomic E-state index is 5.61. The molecule has 150 valence electrons. The highest BCUT2D eigenvalue weighted by Gasteiger charge is 2.16. The molecule has 1 atom stereocenters. The van der Waals surface area contributed by atoms with Gasteiger partial charge in [0.15, 0.2) is 5.96 Å². The molecule has 0 aromatic rings. The van der Waals surface area contributed by atoms with Gasteiger partial charge in [0.25, 0.3) is 0 Å². The number of piperidine rings is 1. The second kappa shape index (κ2) is 16.1. The van der Waals surface area contributed by atoms with Gasteiger partial charge in [-0.2, -0.15) is 0 Å². The van der Waals surface area contributed by atoms with E-state index in [1.54, 1.807) is 0 Å². The molecule has 0 spiro atoms. The standard InChI is InChI=1S/C19H40N4O.HI/c1-17(2)10-15-24-16-12-22-19(20-4)21-11-6-8-14-23-13-7-5-9-18(23)3;/h17-18H,5-16H2,1-4H3,(H2,20,21,22);1H. The van der Waals surface area contributed by atoms with E-state index in [4.69, 9.17) is 4.74 Å². The first-order valence-corrected chi connectivity index (χ1v) is 9.89. The maximum atomic E-state index is 5.61. The van der Waals surface area contributed by atoms with Crippen molar-refractivity contribution in [2.24, 2.45) is 10.9 Å². The van der Waals surface area contributed by atoms with Crippen LogP contribution in [0.3, 0.4) is 0 Å². The third-order valence-corrected chi connectivity index (χ3v) is 4.71. The molecule has 2 N–H and O–H groups in total. The van der Waals surface area contributed by atoms with Gasteiger partial charge in [-0.3, -0.25) is 4.99 Å². The Labute approximate surface area is 172 Å². The van der Waals surface area contributed by atoms with Crippen LogP contribution < -0.4 is 10.6 Å². The highest BCUT2D eigenvalue weighted by molar-refractivity contribution is 14.0. The molecule has 1 fully saturated rings. The van der Waals surface area contributed by atoms with E-state index in [0.29, 0.717) is 5.92 Å². The number of halogens is 1. The Balaban J connectivity index is 0.00000576. The van der Waals surface area contributed by atoms with Crippen LogP contribution in [0.1, 0.15) is 59.3 Å². The maximum Gasteiger partial charge on any atom is 0.191 e. The van der Waals surface area contributed by atoms with E-state index in [2.05, 4.69) is 41.3 Å². The number of likely N-dealkylation sites (tertiary alicyclic amines) is 1. The molecule has 1 rings (SSSR count). The first kappa shape index (κ1) is 24.9. The fourth-order valence-electron chi connectivity index (χ4n) is 3.02. The number of rotatable bonds is 11. The van der Waals surface area contributed by atoms with Gasteiger partial charge >= 0.3 is 0 Å². The van der Waals surface area contributed by atoms with Crippen LogP contribution in [0.5, 0.6) is 0 Å². The second-order valence-electron chi connectivity index (χ2n) is 7.31. The van der Waals surface area contributed by atoms with Crippen LogP contribution in [0.15, 0.2) is 4.99 Å². The van der Waals surface area contributed by atoms with Crippen LogP contribution in [0, 0.1) is 5.92 Å². The van der Waals surface area contributed by atoms with Crippen molar-refractivity contribution in [3.8, 4) is 0 Å². The first-order chi connectivity index (χ1) is 11.6. The molecule has 0 saturated carbocycles. The molecular formula is C19H41IN4O. The predicted octanol–water partition coefficient (Wildman–Crippen LogP) is 3.49. The highest BCUT2D eigenvalue weighted by Crippen LogP contribution is 2.16. The van der Waals surface area contributed by atoms with E-state index >= 15 is 0 Å². The van der Waals surface area contributed by atoms with Gasteiger partial charge in [0.2, 0.25) is 0 Å². The number of aliphatic imine (C=N–C) groups is 1. The van der Waals surface area contributed by atoms with E-state index in [1.807, 2.05) is 7.05 Å². The number of hydrogen-bond acceptors (Lipinski definition) is 3. The lowest BCUT2D eigenvalue weighted by atomic mass is 10.0. The van der Waals surface area contributed by atoms with Crippen LogP contribution >= 0.6 is 24.0 Å². The summed E-state index contributed by atoms with van der Waals surface area (Å²) in [6.07, 6.45) is 7.72. The number of nitrogens with one attached hydrogen (secondary N) is 2. The summed E-state index contributed by atoms with van der Waals surface area (Å²) in [4.78, 5) is 6.91. The van der Waals surface area contributed by atoms with E-state index in [9.17, 15) is 0 Å². The average molecular weight is 468 g/mol. The quantitative estimate of drug-likeness (QED) is 0.211. The zero-order valence-electron chi connectivity index (χ0n) is 16.9. The summed E-state index contributed by atoms with van der Waals surface area (Å²) in [5, 5.41) is 6.70. The fourth-order valence-corrected chi connectivity index (χ4v) is 3.02. The Hall–Kier alpha value is -0.0800. The second-order valence-corrected chi connectivity index (χ2v) is 7.31. The summed E-state index contributed by atoms with van der Waals surface area (Å²) in [7, 11) is 1.82. The molecule has 1 heterocycles. The van der Waals surface area contributed by atoms with Crippen molar-refractivity contribution >= 4 is 29.9 Å². The van der Waals surface area contributed by atoms with Crippen molar-refractivity contribution in [2.75, 3.05) is 46.4 Å². The molecule has 1 saturated heterocycles. The van der Waals surface area contributed by atoms with E-state index < -0.39 is 0 Å². The monoisotopic (exact) mass is 468 g/mol. The lowest BCUT2D eigenvalue weighted by molar-refractivity contribution is 0.128. The SMILES string of the molecule is CN=C(NCCCCN1CCCCC1C)NCCOCCC(C)C.I. The molecule has 0 radical (unpaired) electrons.